The number of urea groups is 1. The Labute approximate surface area is 143 Å². The number of aryl methyl sites for hydroxylation is 2. The van der Waals surface area contributed by atoms with Crippen LogP contribution in [0.3, 0.4) is 0 Å². The van der Waals surface area contributed by atoms with Crippen LogP contribution >= 0.6 is 0 Å². The van der Waals surface area contributed by atoms with Crippen LogP contribution in [0.1, 0.15) is 16.7 Å². The summed E-state index contributed by atoms with van der Waals surface area (Å²) in [5.74, 6) is 0. The van der Waals surface area contributed by atoms with Crippen LogP contribution in [0.5, 0.6) is 0 Å². The molecule has 2 saturated heterocycles. The summed E-state index contributed by atoms with van der Waals surface area (Å²) in [6, 6.07) is 6.12. The highest BCUT2D eigenvalue weighted by atomic mass is 16.5. The molecule has 6 nitrogen and oxygen atoms in total. The second-order valence-electron chi connectivity index (χ2n) is 6.77. The largest absolute Gasteiger partial charge is 0.390 e. The summed E-state index contributed by atoms with van der Waals surface area (Å²) in [5, 5.41) is 13.3. The molecular formula is C18H27N3O3. The van der Waals surface area contributed by atoms with Gasteiger partial charge in [0.25, 0.3) is 0 Å². The fourth-order valence-corrected chi connectivity index (χ4v) is 3.41. The average Bonchev–Trinajstić information content (AvgIpc) is 2.98. The van der Waals surface area contributed by atoms with E-state index < -0.39 is 6.10 Å². The maximum absolute atomic E-state index is 12.4. The number of aliphatic hydroxyl groups excluding tert-OH is 1. The molecule has 1 aromatic carbocycles. The van der Waals surface area contributed by atoms with Crippen molar-refractivity contribution >= 4 is 6.03 Å². The Morgan fingerprint density at radius 3 is 2.71 bits per heavy atom. The van der Waals surface area contributed by atoms with Crippen LogP contribution in [0.4, 0.5) is 4.79 Å². The number of amides is 2. The number of β-amino-alcohol motifs (C(OH)–C–C–N with tert-alkyl or cyclic N) is 1. The van der Waals surface area contributed by atoms with E-state index >= 15 is 0 Å². The van der Waals surface area contributed by atoms with Gasteiger partial charge in [-0.1, -0.05) is 18.2 Å². The molecule has 0 saturated carbocycles. The first-order valence-electron chi connectivity index (χ1n) is 8.63. The standard InChI is InChI=1S/C18H27N3O3/c1-13-3-4-15(9-14(13)2)10-19-18(23)21-11-16(17(22)12-21)20-5-7-24-8-6-20/h3-4,9,16-17,22H,5-8,10-12H2,1-2H3,(H,19,23). The van der Waals surface area contributed by atoms with Gasteiger partial charge in [-0.05, 0) is 30.5 Å². The molecule has 2 fully saturated rings. The van der Waals surface area contributed by atoms with E-state index in [-0.39, 0.29) is 12.1 Å². The lowest BCUT2D eigenvalue weighted by atomic mass is 10.1. The number of hydrogen-bond acceptors (Lipinski definition) is 4. The maximum Gasteiger partial charge on any atom is 0.317 e. The molecule has 1 aromatic rings. The minimum Gasteiger partial charge on any atom is -0.390 e. The van der Waals surface area contributed by atoms with Crippen molar-refractivity contribution in [3.63, 3.8) is 0 Å². The van der Waals surface area contributed by atoms with Crippen LogP contribution in [0.15, 0.2) is 18.2 Å². The van der Waals surface area contributed by atoms with E-state index in [1.165, 1.54) is 11.1 Å². The number of carbonyl (C=O) groups excluding carboxylic acids is 1. The molecule has 2 atom stereocenters. The van der Waals surface area contributed by atoms with E-state index in [1.54, 1.807) is 4.90 Å². The van der Waals surface area contributed by atoms with Crippen molar-refractivity contribution in [3.05, 3.63) is 34.9 Å². The zero-order valence-electron chi connectivity index (χ0n) is 14.5. The first-order valence-corrected chi connectivity index (χ1v) is 8.63. The lowest BCUT2D eigenvalue weighted by Gasteiger charge is -2.33. The van der Waals surface area contributed by atoms with E-state index in [0.717, 1.165) is 18.7 Å². The fourth-order valence-electron chi connectivity index (χ4n) is 3.41. The first-order chi connectivity index (χ1) is 11.5. The van der Waals surface area contributed by atoms with Gasteiger partial charge in [0.2, 0.25) is 0 Å². The summed E-state index contributed by atoms with van der Waals surface area (Å²) in [6.07, 6.45) is -0.490. The van der Waals surface area contributed by atoms with E-state index in [4.69, 9.17) is 4.74 Å². The zero-order valence-corrected chi connectivity index (χ0v) is 14.5. The number of nitrogens with one attached hydrogen (secondary N) is 1. The minimum atomic E-state index is -0.490. The van der Waals surface area contributed by atoms with Crippen molar-refractivity contribution in [2.75, 3.05) is 39.4 Å². The van der Waals surface area contributed by atoms with Gasteiger partial charge in [0.05, 0.1) is 25.4 Å². The quantitative estimate of drug-likeness (QED) is 0.862. The summed E-state index contributed by atoms with van der Waals surface area (Å²) in [5.41, 5.74) is 3.57. The van der Waals surface area contributed by atoms with Crippen molar-refractivity contribution in [3.8, 4) is 0 Å². The van der Waals surface area contributed by atoms with Crippen molar-refractivity contribution in [2.24, 2.45) is 0 Å². The van der Waals surface area contributed by atoms with Gasteiger partial charge in [-0.25, -0.2) is 4.79 Å². The number of morpholine rings is 1. The Morgan fingerprint density at radius 1 is 1.25 bits per heavy atom. The van der Waals surface area contributed by atoms with Gasteiger partial charge in [0, 0.05) is 32.7 Å². The van der Waals surface area contributed by atoms with E-state index in [9.17, 15) is 9.90 Å². The molecule has 3 rings (SSSR count). The van der Waals surface area contributed by atoms with Crippen molar-refractivity contribution in [2.45, 2.75) is 32.5 Å². The van der Waals surface area contributed by atoms with Crippen LogP contribution in [-0.2, 0) is 11.3 Å². The van der Waals surface area contributed by atoms with Crippen LogP contribution in [0.2, 0.25) is 0 Å². The third-order valence-corrected chi connectivity index (χ3v) is 5.08. The molecule has 2 heterocycles. The molecule has 2 aliphatic heterocycles. The molecule has 132 valence electrons. The Hall–Kier alpha value is -1.63. The number of ether oxygens (including phenoxy) is 1. The van der Waals surface area contributed by atoms with Gasteiger partial charge in [-0.2, -0.15) is 0 Å². The number of hydrogen-bond donors (Lipinski definition) is 2. The Bertz CT molecular complexity index is 587. The normalized spacial score (nSPS) is 25.0. The molecule has 0 radical (unpaired) electrons. The molecule has 0 aliphatic carbocycles. The highest BCUT2D eigenvalue weighted by molar-refractivity contribution is 5.74. The smallest absolute Gasteiger partial charge is 0.317 e. The average molecular weight is 333 g/mol. The number of nitrogens with zero attached hydrogens (tertiary/aromatic N) is 2. The summed E-state index contributed by atoms with van der Waals surface area (Å²) >= 11 is 0. The van der Waals surface area contributed by atoms with Gasteiger partial charge in [-0.15, -0.1) is 0 Å². The van der Waals surface area contributed by atoms with E-state index in [0.29, 0.717) is 32.8 Å². The predicted octanol–water partition coefficient (Wildman–Crippen LogP) is 0.890. The molecule has 0 spiro atoms. The second kappa shape index (κ2) is 7.51. The second-order valence-corrected chi connectivity index (χ2v) is 6.77. The van der Waals surface area contributed by atoms with Gasteiger partial charge >= 0.3 is 6.03 Å². The number of benzene rings is 1. The summed E-state index contributed by atoms with van der Waals surface area (Å²) in [7, 11) is 0. The first kappa shape index (κ1) is 17.2. The van der Waals surface area contributed by atoms with E-state index in [2.05, 4.69) is 36.2 Å². The number of aliphatic hydroxyl groups is 1. The molecule has 2 aliphatic rings. The summed E-state index contributed by atoms with van der Waals surface area (Å²) in [6.45, 7) is 8.65. The molecule has 2 N–H and O–H groups in total. The van der Waals surface area contributed by atoms with Crippen molar-refractivity contribution in [1.82, 2.24) is 15.1 Å². The van der Waals surface area contributed by atoms with Crippen molar-refractivity contribution in [1.29, 1.82) is 0 Å². The summed E-state index contributed by atoms with van der Waals surface area (Å²) < 4.78 is 5.36. The Kier molecular flexibility index (Phi) is 5.38. The van der Waals surface area contributed by atoms with E-state index in [1.807, 2.05) is 6.07 Å². The molecule has 2 amide bonds. The Balaban J connectivity index is 1.52. The minimum absolute atomic E-state index is 0.0151. The molecular weight excluding hydrogens is 306 g/mol. The van der Waals surface area contributed by atoms with Crippen LogP contribution < -0.4 is 5.32 Å². The lowest BCUT2D eigenvalue weighted by molar-refractivity contribution is -0.00607. The fraction of sp³-hybridized carbons (Fsp3) is 0.611. The van der Waals surface area contributed by atoms with Gasteiger partial charge < -0.3 is 20.1 Å². The number of rotatable bonds is 3. The van der Waals surface area contributed by atoms with Crippen LogP contribution in [0.25, 0.3) is 0 Å². The highest BCUT2D eigenvalue weighted by Crippen LogP contribution is 2.18. The van der Waals surface area contributed by atoms with Gasteiger partial charge in [0.15, 0.2) is 0 Å². The SMILES string of the molecule is Cc1ccc(CNC(=O)N2CC(O)C(N3CCOCC3)C2)cc1C. The maximum atomic E-state index is 12.4. The molecule has 0 aromatic heterocycles. The predicted molar refractivity (Wildman–Crippen MR) is 91.9 cm³/mol. The zero-order chi connectivity index (χ0) is 17.1. The molecule has 0 bridgehead atoms. The molecule has 2 unspecified atom stereocenters. The third-order valence-electron chi connectivity index (χ3n) is 5.08. The summed E-state index contributed by atoms with van der Waals surface area (Å²) in [4.78, 5) is 16.3. The Morgan fingerprint density at radius 2 is 2.00 bits per heavy atom. The molecule has 6 heteroatoms. The lowest BCUT2D eigenvalue weighted by Crippen LogP contribution is -2.49. The number of likely N-dealkylation sites (tertiary alicyclic amines) is 1. The van der Waals surface area contributed by atoms with Gasteiger partial charge in [-0.3, -0.25) is 4.90 Å². The van der Waals surface area contributed by atoms with Gasteiger partial charge in [0.1, 0.15) is 0 Å². The number of carbonyl (C=O) groups is 1. The molecule has 24 heavy (non-hydrogen) atoms. The third kappa shape index (κ3) is 3.88. The topological polar surface area (TPSA) is 65.0 Å². The van der Waals surface area contributed by atoms with Crippen LogP contribution in [-0.4, -0.2) is 72.5 Å². The highest BCUT2D eigenvalue weighted by Gasteiger charge is 2.38. The van der Waals surface area contributed by atoms with Crippen molar-refractivity contribution < 1.29 is 14.6 Å². The van der Waals surface area contributed by atoms with Crippen LogP contribution in [0, 0.1) is 13.8 Å². The monoisotopic (exact) mass is 333 g/mol.